The second kappa shape index (κ2) is 7.27. The van der Waals surface area contributed by atoms with Crippen molar-refractivity contribution in [1.29, 1.82) is 0 Å². The number of nitrogens with one attached hydrogen (secondary N) is 1. The van der Waals surface area contributed by atoms with Crippen molar-refractivity contribution < 1.29 is 19.1 Å². The summed E-state index contributed by atoms with van der Waals surface area (Å²) in [7, 11) is 2.54. The highest BCUT2D eigenvalue weighted by atomic mass is 16.5. The molecule has 0 aliphatic rings. The van der Waals surface area contributed by atoms with E-state index in [1.807, 2.05) is 49.4 Å². The number of fused-ring (bicyclic) bond motifs is 1. The Labute approximate surface area is 166 Å². The molecular formula is C22H19N3O4. The molecule has 0 amide bonds. The molecule has 0 unspecified atom stereocenters. The van der Waals surface area contributed by atoms with Crippen LogP contribution in [0, 0.1) is 6.92 Å². The molecule has 2 aromatic carbocycles. The summed E-state index contributed by atoms with van der Waals surface area (Å²) in [6.07, 6.45) is 0. The Hall–Kier alpha value is -3.87. The quantitative estimate of drug-likeness (QED) is 0.535. The van der Waals surface area contributed by atoms with Crippen molar-refractivity contribution in [3.63, 3.8) is 0 Å². The number of benzene rings is 2. The van der Waals surface area contributed by atoms with Gasteiger partial charge in [-0.05, 0) is 31.2 Å². The molecule has 0 aliphatic carbocycles. The van der Waals surface area contributed by atoms with Gasteiger partial charge < -0.3 is 14.5 Å². The van der Waals surface area contributed by atoms with Crippen LogP contribution in [0.4, 0.5) is 0 Å². The molecule has 1 N–H and O–H groups in total. The zero-order valence-electron chi connectivity index (χ0n) is 16.2. The molecule has 0 atom stereocenters. The van der Waals surface area contributed by atoms with Crippen LogP contribution in [0.25, 0.3) is 27.8 Å². The molecule has 4 aromatic rings. The van der Waals surface area contributed by atoms with Gasteiger partial charge in [0.05, 0.1) is 19.9 Å². The first-order valence-electron chi connectivity index (χ1n) is 8.99. The van der Waals surface area contributed by atoms with E-state index in [4.69, 9.17) is 9.47 Å². The maximum absolute atomic E-state index is 12.7. The molecular weight excluding hydrogens is 370 g/mol. The van der Waals surface area contributed by atoms with E-state index in [0.29, 0.717) is 16.9 Å². The summed E-state index contributed by atoms with van der Waals surface area (Å²) in [6, 6.07) is 16.8. The number of rotatable bonds is 4. The summed E-state index contributed by atoms with van der Waals surface area (Å²) in [5.74, 6) is -1.34. The van der Waals surface area contributed by atoms with Gasteiger partial charge in [-0.3, -0.25) is 0 Å². The highest BCUT2D eigenvalue weighted by Crippen LogP contribution is 2.34. The first-order chi connectivity index (χ1) is 14.0. The van der Waals surface area contributed by atoms with Crippen molar-refractivity contribution in [1.82, 2.24) is 14.8 Å². The van der Waals surface area contributed by atoms with Crippen molar-refractivity contribution in [2.45, 2.75) is 6.92 Å². The number of para-hydroxylation sites is 1. The molecule has 0 fully saturated rings. The van der Waals surface area contributed by atoms with Crippen LogP contribution < -0.4 is 0 Å². The number of methoxy groups -OCH3 is 2. The fourth-order valence-electron chi connectivity index (χ4n) is 3.44. The van der Waals surface area contributed by atoms with Crippen molar-refractivity contribution in [2.75, 3.05) is 14.2 Å². The van der Waals surface area contributed by atoms with Gasteiger partial charge in [0.25, 0.3) is 0 Å². The van der Waals surface area contributed by atoms with Gasteiger partial charge >= 0.3 is 11.9 Å². The molecule has 0 bridgehead atoms. The number of esters is 2. The molecule has 0 saturated carbocycles. The molecule has 146 valence electrons. The van der Waals surface area contributed by atoms with Crippen molar-refractivity contribution in [3.8, 4) is 16.9 Å². The van der Waals surface area contributed by atoms with Crippen LogP contribution in [0.15, 0.2) is 54.6 Å². The predicted octanol–water partition coefficient (Wildman–Crippen LogP) is 3.90. The first kappa shape index (κ1) is 18.5. The van der Waals surface area contributed by atoms with Gasteiger partial charge in [0.15, 0.2) is 5.69 Å². The maximum atomic E-state index is 12.7. The molecule has 4 rings (SSSR count). The van der Waals surface area contributed by atoms with Gasteiger partial charge in [-0.25, -0.2) is 14.3 Å². The summed E-state index contributed by atoms with van der Waals surface area (Å²) in [6.45, 7) is 1.95. The minimum absolute atomic E-state index is 0.0183. The summed E-state index contributed by atoms with van der Waals surface area (Å²) in [5.41, 5.74) is 3.66. The average molecular weight is 389 g/mol. The third-order valence-electron chi connectivity index (χ3n) is 4.71. The van der Waals surface area contributed by atoms with E-state index in [-0.39, 0.29) is 11.3 Å². The Morgan fingerprint density at radius 1 is 0.966 bits per heavy atom. The maximum Gasteiger partial charge on any atom is 0.357 e. The number of carbonyl (C=O) groups is 2. The zero-order chi connectivity index (χ0) is 20.5. The largest absolute Gasteiger partial charge is 0.465 e. The van der Waals surface area contributed by atoms with Crippen LogP contribution in [0.1, 0.15) is 26.5 Å². The smallest absolute Gasteiger partial charge is 0.357 e. The standard InChI is InChI=1S/C22H19N3O4/c1-13-12-16-15(10-7-11-17(16)23-13)19-18(21(26)28-2)20(22(27)29-3)25(24-19)14-8-5-4-6-9-14/h4-12,23H,1-3H3. The summed E-state index contributed by atoms with van der Waals surface area (Å²) >= 11 is 0. The van der Waals surface area contributed by atoms with Crippen LogP contribution in [0.2, 0.25) is 0 Å². The fraction of sp³-hybridized carbons (Fsp3) is 0.136. The van der Waals surface area contributed by atoms with E-state index in [1.54, 1.807) is 12.1 Å². The van der Waals surface area contributed by atoms with E-state index in [0.717, 1.165) is 16.6 Å². The number of nitrogens with zero attached hydrogens (tertiary/aromatic N) is 2. The monoisotopic (exact) mass is 389 g/mol. The van der Waals surface area contributed by atoms with Crippen LogP contribution in [-0.2, 0) is 9.47 Å². The molecule has 0 saturated heterocycles. The SMILES string of the molecule is COC(=O)c1c(-c2cccc3[nH]c(C)cc23)nn(-c2ccccc2)c1C(=O)OC. The molecule has 7 nitrogen and oxygen atoms in total. The van der Waals surface area contributed by atoms with Crippen molar-refractivity contribution in [3.05, 3.63) is 71.5 Å². The Morgan fingerprint density at radius 2 is 1.69 bits per heavy atom. The molecule has 0 radical (unpaired) electrons. The molecule has 2 heterocycles. The first-order valence-corrected chi connectivity index (χ1v) is 8.99. The van der Waals surface area contributed by atoms with Crippen LogP contribution >= 0.6 is 0 Å². The number of aryl methyl sites for hydroxylation is 1. The Kier molecular flexibility index (Phi) is 4.64. The van der Waals surface area contributed by atoms with E-state index < -0.39 is 11.9 Å². The topological polar surface area (TPSA) is 86.2 Å². The minimum atomic E-state index is -0.676. The highest BCUT2D eigenvalue weighted by Gasteiger charge is 2.31. The van der Waals surface area contributed by atoms with E-state index in [9.17, 15) is 9.59 Å². The highest BCUT2D eigenvalue weighted by molar-refractivity contribution is 6.09. The number of aromatic nitrogens is 3. The summed E-state index contributed by atoms with van der Waals surface area (Å²) < 4.78 is 11.4. The van der Waals surface area contributed by atoms with Crippen molar-refractivity contribution >= 4 is 22.8 Å². The zero-order valence-corrected chi connectivity index (χ0v) is 16.2. The summed E-state index contributed by atoms with van der Waals surface area (Å²) in [5, 5.41) is 5.54. The second-order valence-corrected chi connectivity index (χ2v) is 6.52. The van der Waals surface area contributed by atoms with Gasteiger partial charge in [-0.15, -0.1) is 0 Å². The number of aromatic amines is 1. The van der Waals surface area contributed by atoms with Crippen LogP contribution in [0.5, 0.6) is 0 Å². The van der Waals surface area contributed by atoms with Gasteiger partial charge in [-0.1, -0.05) is 30.3 Å². The predicted molar refractivity (Wildman–Crippen MR) is 108 cm³/mol. The lowest BCUT2D eigenvalue weighted by Crippen LogP contribution is -2.15. The Balaban J connectivity index is 2.09. The Morgan fingerprint density at radius 3 is 2.38 bits per heavy atom. The third kappa shape index (κ3) is 3.06. The number of hydrogen-bond donors (Lipinski definition) is 1. The normalized spacial score (nSPS) is 10.9. The molecule has 0 spiro atoms. The number of hydrogen-bond acceptors (Lipinski definition) is 5. The van der Waals surface area contributed by atoms with Crippen LogP contribution in [0.3, 0.4) is 0 Å². The molecule has 7 heteroatoms. The number of H-pyrrole nitrogens is 1. The lowest BCUT2D eigenvalue weighted by atomic mass is 10.0. The summed E-state index contributed by atoms with van der Waals surface area (Å²) in [4.78, 5) is 28.7. The molecule has 0 aliphatic heterocycles. The van der Waals surface area contributed by atoms with E-state index >= 15 is 0 Å². The molecule has 2 aromatic heterocycles. The van der Waals surface area contributed by atoms with Crippen molar-refractivity contribution in [2.24, 2.45) is 0 Å². The lowest BCUT2D eigenvalue weighted by Gasteiger charge is -2.07. The minimum Gasteiger partial charge on any atom is -0.465 e. The lowest BCUT2D eigenvalue weighted by molar-refractivity contribution is 0.0549. The van der Waals surface area contributed by atoms with E-state index in [1.165, 1.54) is 18.9 Å². The molecule has 29 heavy (non-hydrogen) atoms. The van der Waals surface area contributed by atoms with Gasteiger partial charge in [0, 0.05) is 22.2 Å². The average Bonchev–Trinajstić information content (AvgIpc) is 3.33. The Bertz CT molecular complexity index is 1220. The van der Waals surface area contributed by atoms with Gasteiger partial charge in [-0.2, -0.15) is 5.10 Å². The van der Waals surface area contributed by atoms with Gasteiger partial charge in [0.1, 0.15) is 11.3 Å². The van der Waals surface area contributed by atoms with E-state index in [2.05, 4.69) is 10.1 Å². The number of ether oxygens (including phenoxy) is 2. The van der Waals surface area contributed by atoms with Crippen LogP contribution in [-0.4, -0.2) is 40.9 Å². The second-order valence-electron chi connectivity index (χ2n) is 6.52. The fourth-order valence-corrected chi connectivity index (χ4v) is 3.44. The number of carbonyl (C=O) groups excluding carboxylic acids is 2. The van der Waals surface area contributed by atoms with Gasteiger partial charge in [0.2, 0.25) is 0 Å². The third-order valence-corrected chi connectivity index (χ3v) is 4.71.